The number of amides is 2. The molecule has 2 amide bonds. The number of thiazole rings is 1. The molecule has 0 saturated heterocycles. The molecule has 9 heteroatoms. The van der Waals surface area contributed by atoms with E-state index in [1.165, 1.54) is 4.90 Å². The van der Waals surface area contributed by atoms with E-state index in [2.05, 4.69) is 24.1 Å². The molecule has 0 bridgehead atoms. The highest BCUT2D eigenvalue weighted by molar-refractivity contribution is 7.09. The lowest BCUT2D eigenvalue weighted by molar-refractivity contribution is -0.161. The Morgan fingerprint density at radius 3 is 2.36 bits per heavy atom. The summed E-state index contributed by atoms with van der Waals surface area (Å²) in [5.41, 5.74) is 1.68. The Bertz CT molecular complexity index is 853. The van der Waals surface area contributed by atoms with Crippen LogP contribution in [0.4, 0.5) is 4.79 Å². The van der Waals surface area contributed by atoms with E-state index in [0.29, 0.717) is 25.7 Å². The van der Waals surface area contributed by atoms with Gasteiger partial charge in [0.05, 0.1) is 17.2 Å². The molecule has 0 radical (unpaired) electrons. The predicted octanol–water partition coefficient (Wildman–Crippen LogP) is 4.31. The number of hydrogen-bond acceptors (Lipinski definition) is 7. The number of carbonyl (C=O) groups excluding carboxylic acids is 2. The van der Waals surface area contributed by atoms with Crippen LogP contribution in [0.5, 0.6) is 0 Å². The molecular weight excluding hydrogens is 442 g/mol. The zero-order valence-corrected chi connectivity index (χ0v) is 20.9. The number of esters is 1. The van der Waals surface area contributed by atoms with E-state index in [1.807, 2.05) is 49.6 Å². The van der Waals surface area contributed by atoms with Gasteiger partial charge in [0.2, 0.25) is 0 Å². The summed E-state index contributed by atoms with van der Waals surface area (Å²) < 4.78 is 16.7. The van der Waals surface area contributed by atoms with Gasteiger partial charge >= 0.3 is 12.0 Å². The van der Waals surface area contributed by atoms with Crippen LogP contribution in [0.15, 0.2) is 35.7 Å². The highest BCUT2D eigenvalue weighted by Crippen LogP contribution is 2.20. The molecule has 0 aliphatic carbocycles. The van der Waals surface area contributed by atoms with E-state index in [9.17, 15) is 9.59 Å². The van der Waals surface area contributed by atoms with Crippen molar-refractivity contribution in [3.63, 3.8) is 0 Å². The number of ether oxygens (including phenoxy) is 3. The highest BCUT2D eigenvalue weighted by atomic mass is 32.1. The lowest BCUT2D eigenvalue weighted by atomic mass is 10.2. The maximum Gasteiger partial charge on any atom is 0.329 e. The third-order valence-corrected chi connectivity index (χ3v) is 5.94. The first-order valence-corrected chi connectivity index (χ1v) is 12.1. The lowest BCUT2D eigenvalue weighted by Gasteiger charge is -2.25. The summed E-state index contributed by atoms with van der Waals surface area (Å²) in [4.78, 5) is 31.8. The van der Waals surface area contributed by atoms with E-state index in [0.717, 1.165) is 16.3 Å². The predicted molar refractivity (Wildman–Crippen MR) is 128 cm³/mol. The summed E-state index contributed by atoms with van der Waals surface area (Å²) >= 11 is 1.58. The number of nitrogens with one attached hydrogen (secondary N) is 1. The van der Waals surface area contributed by atoms with E-state index >= 15 is 0 Å². The molecule has 1 heterocycles. The Labute approximate surface area is 200 Å². The van der Waals surface area contributed by atoms with Gasteiger partial charge in [0.1, 0.15) is 12.6 Å². The van der Waals surface area contributed by atoms with Crippen LogP contribution in [0.2, 0.25) is 0 Å². The number of urea groups is 1. The molecule has 1 aromatic carbocycles. The van der Waals surface area contributed by atoms with Gasteiger partial charge in [-0.15, -0.1) is 11.3 Å². The first-order chi connectivity index (χ1) is 15.8. The topological polar surface area (TPSA) is 90.0 Å². The van der Waals surface area contributed by atoms with Crippen molar-refractivity contribution in [3.8, 4) is 0 Å². The van der Waals surface area contributed by atoms with Gasteiger partial charge in [-0.1, -0.05) is 44.2 Å². The van der Waals surface area contributed by atoms with Gasteiger partial charge in [0.15, 0.2) is 6.29 Å². The minimum atomic E-state index is -0.923. The molecule has 0 spiro atoms. The van der Waals surface area contributed by atoms with Crippen molar-refractivity contribution in [1.82, 2.24) is 15.2 Å². The van der Waals surface area contributed by atoms with Gasteiger partial charge in [0, 0.05) is 38.0 Å². The number of carbonyl (C=O) groups is 2. The Kier molecular flexibility index (Phi) is 11.3. The molecule has 0 fully saturated rings. The normalized spacial score (nSPS) is 12.1. The van der Waals surface area contributed by atoms with E-state index < -0.39 is 24.3 Å². The maximum absolute atomic E-state index is 12.9. The van der Waals surface area contributed by atoms with E-state index in [4.69, 9.17) is 14.2 Å². The lowest BCUT2D eigenvalue weighted by Crippen LogP contribution is -2.48. The molecule has 182 valence electrons. The van der Waals surface area contributed by atoms with Crippen LogP contribution in [0.3, 0.4) is 0 Å². The fraction of sp³-hybridized carbons (Fsp3) is 0.542. The van der Waals surface area contributed by atoms with Gasteiger partial charge in [0.25, 0.3) is 0 Å². The monoisotopic (exact) mass is 477 g/mol. The summed E-state index contributed by atoms with van der Waals surface area (Å²) in [6.07, 6.45) is -0.490. The second-order valence-corrected chi connectivity index (χ2v) is 8.75. The van der Waals surface area contributed by atoms with Crippen LogP contribution in [-0.4, -0.2) is 54.5 Å². The molecular formula is C24H35N3O5S. The fourth-order valence-electron chi connectivity index (χ4n) is 3.03. The van der Waals surface area contributed by atoms with Crippen LogP contribution in [0.1, 0.15) is 56.3 Å². The molecule has 2 aromatic rings. The molecule has 0 saturated carbocycles. The first kappa shape index (κ1) is 26.8. The van der Waals surface area contributed by atoms with Crippen LogP contribution in [-0.2, 0) is 32.2 Å². The second kappa shape index (κ2) is 13.9. The van der Waals surface area contributed by atoms with E-state index in [-0.39, 0.29) is 13.0 Å². The second-order valence-electron chi connectivity index (χ2n) is 7.86. The van der Waals surface area contributed by atoms with Crippen molar-refractivity contribution in [1.29, 1.82) is 0 Å². The molecule has 0 aliphatic rings. The van der Waals surface area contributed by atoms with E-state index in [1.54, 1.807) is 18.4 Å². The summed E-state index contributed by atoms with van der Waals surface area (Å²) in [6, 6.07) is 8.07. The Balaban J connectivity index is 2.04. The van der Waals surface area contributed by atoms with Crippen molar-refractivity contribution in [2.75, 3.05) is 20.3 Å². The SMILES string of the molecule is CCOC(C[C@H](NC(=O)N(C)Cc1csc(C(C)C)n1)C(=O)OCc1ccccc1)OCC. The Morgan fingerprint density at radius 1 is 1.12 bits per heavy atom. The molecule has 0 unspecified atom stereocenters. The third-order valence-electron chi connectivity index (χ3n) is 4.75. The van der Waals surface area contributed by atoms with Crippen molar-refractivity contribution in [2.24, 2.45) is 0 Å². The molecule has 1 aromatic heterocycles. The molecule has 0 aliphatic heterocycles. The smallest absolute Gasteiger partial charge is 0.329 e. The number of aromatic nitrogens is 1. The van der Waals surface area contributed by atoms with Crippen LogP contribution in [0.25, 0.3) is 0 Å². The molecule has 1 N–H and O–H groups in total. The molecule has 8 nitrogen and oxygen atoms in total. The first-order valence-electron chi connectivity index (χ1n) is 11.2. The Morgan fingerprint density at radius 2 is 1.79 bits per heavy atom. The zero-order chi connectivity index (χ0) is 24.2. The largest absolute Gasteiger partial charge is 0.459 e. The summed E-state index contributed by atoms with van der Waals surface area (Å²) in [6.45, 7) is 9.16. The summed E-state index contributed by atoms with van der Waals surface area (Å²) in [7, 11) is 1.67. The van der Waals surface area contributed by atoms with Gasteiger partial charge < -0.3 is 24.4 Å². The van der Waals surface area contributed by atoms with Crippen LogP contribution in [0, 0.1) is 0 Å². The van der Waals surface area contributed by atoms with Crippen LogP contribution >= 0.6 is 11.3 Å². The van der Waals surface area contributed by atoms with Crippen molar-refractivity contribution >= 4 is 23.3 Å². The average molecular weight is 478 g/mol. The molecule has 1 atom stereocenters. The van der Waals surface area contributed by atoms with Crippen LogP contribution < -0.4 is 5.32 Å². The highest BCUT2D eigenvalue weighted by Gasteiger charge is 2.28. The van der Waals surface area contributed by atoms with Gasteiger partial charge in [-0.3, -0.25) is 0 Å². The summed E-state index contributed by atoms with van der Waals surface area (Å²) in [5.74, 6) is -0.207. The molecule has 2 rings (SSSR count). The van der Waals surface area contributed by atoms with Gasteiger partial charge in [-0.25, -0.2) is 14.6 Å². The Hall–Kier alpha value is -2.49. The van der Waals surface area contributed by atoms with Crippen molar-refractivity contribution < 1.29 is 23.8 Å². The minimum absolute atomic E-state index is 0.118. The number of benzene rings is 1. The number of nitrogens with zero attached hydrogens (tertiary/aromatic N) is 2. The fourth-order valence-corrected chi connectivity index (χ4v) is 3.85. The number of hydrogen-bond donors (Lipinski definition) is 1. The van der Waals surface area contributed by atoms with Crippen molar-refractivity contribution in [2.45, 2.75) is 65.5 Å². The maximum atomic E-state index is 12.9. The van der Waals surface area contributed by atoms with Crippen molar-refractivity contribution in [3.05, 3.63) is 52.0 Å². The zero-order valence-electron chi connectivity index (χ0n) is 20.1. The quantitative estimate of drug-likeness (QED) is 0.342. The molecule has 33 heavy (non-hydrogen) atoms. The summed E-state index contributed by atoms with van der Waals surface area (Å²) in [5, 5.41) is 5.75. The minimum Gasteiger partial charge on any atom is -0.459 e. The third kappa shape index (κ3) is 9.11. The van der Waals surface area contributed by atoms with Gasteiger partial charge in [-0.2, -0.15) is 0 Å². The standard InChI is InChI=1S/C24H35N3O5S/c1-6-30-21(31-7-2)13-20(23(28)32-15-18-11-9-8-10-12-18)26-24(29)27(5)14-19-16-33-22(25-19)17(3)4/h8-12,16-17,20-21H,6-7,13-15H2,1-5H3,(H,26,29)/t20-/m0/s1. The number of rotatable bonds is 13. The van der Waals surface area contributed by atoms with Gasteiger partial charge in [-0.05, 0) is 19.4 Å². The average Bonchev–Trinajstić information content (AvgIpc) is 3.26.